The third kappa shape index (κ3) is 1.79. The maximum atomic E-state index is 11.7. The second-order valence-corrected chi connectivity index (χ2v) is 7.78. The first-order valence-corrected chi connectivity index (χ1v) is 8.31. The Hall–Kier alpha value is -1.10. The van der Waals surface area contributed by atoms with Gasteiger partial charge in [0.05, 0.1) is 12.1 Å². The van der Waals surface area contributed by atoms with Crippen LogP contribution in [0, 0.1) is 23.7 Å². The molecule has 4 saturated carbocycles. The summed E-state index contributed by atoms with van der Waals surface area (Å²) in [6.07, 6.45) is 6.86. The third-order valence-corrected chi connectivity index (χ3v) is 6.55. The first kappa shape index (κ1) is 12.6. The molecule has 5 heteroatoms. The average Bonchev–Trinajstić information content (AvgIpc) is 2.78. The Morgan fingerprint density at radius 3 is 2.35 bits per heavy atom. The van der Waals surface area contributed by atoms with Gasteiger partial charge in [-0.05, 0) is 55.8 Å². The molecule has 4 fully saturated rings. The number of hydrogen-bond acceptors (Lipinski definition) is 5. The van der Waals surface area contributed by atoms with Crippen molar-refractivity contribution >= 4 is 22.3 Å². The van der Waals surface area contributed by atoms with Crippen molar-refractivity contribution in [3.63, 3.8) is 0 Å². The van der Waals surface area contributed by atoms with Gasteiger partial charge in [-0.15, -0.1) is 11.3 Å². The van der Waals surface area contributed by atoms with E-state index in [1.807, 2.05) is 0 Å². The van der Waals surface area contributed by atoms with Crippen LogP contribution in [0.5, 0.6) is 0 Å². The number of aromatic nitrogens is 1. The monoisotopic (exact) mass is 292 g/mol. The Balaban J connectivity index is 1.66. The Labute approximate surface area is 122 Å². The summed E-state index contributed by atoms with van der Waals surface area (Å²) in [6.45, 7) is 0. The van der Waals surface area contributed by atoms with Crippen LogP contribution in [0.4, 0.5) is 5.00 Å². The Kier molecular flexibility index (Phi) is 2.81. The summed E-state index contributed by atoms with van der Waals surface area (Å²) < 4.78 is 4.76. The molecule has 0 saturated heterocycles. The van der Waals surface area contributed by atoms with Crippen LogP contribution in [0.1, 0.15) is 53.5 Å². The molecule has 0 atom stereocenters. The number of thiazole rings is 1. The van der Waals surface area contributed by atoms with Crippen molar-refractivity contribution in [2.45, 2.75) is 38.0 Å². The van der Waals surface area contributed by atoms with Crippen LogP contribution in [0.15, 0.2) is 0 Å². The number of anilines is 1. The molecule has 1 aromatic heterocycles. The third-order valence-electron chi connectivity index (χ3n) is 5.56. The number of rotatable bonds is 2. The summed E-state index contributed by atoms with van der Waals surface area (Å²) >= 11 is 1.50. The number of nitrogen functional groups attached to an aromatic ring is 1. The van der Waals surface area contributed by atoms with E-state index in [9.17, 15) is 4.79 Å². The molecule has 4 bridgehead atoms. The zero-order chi connectivity index (χ0) is 13.9. The van der Waals surface area contributed by atoms with E-state index in [-0.39, 0.29) is 0 Å². The highest BCUT2D eigenvalue weighted by molar-refractivity contribution is 7.16. The van der Waals surface area contributed by atoms with E-state index in [2.05, 4.69) is 4.98 Å². The van der Waals surface area contributed by atoms with E-state index >= 15 is 0 Å². The quantitative estimate of drug-likeness (QED) is 0.851. The van der Waals surface area contributed by atoms with Crippen LogP contribution in [0.3, 0.4) is 0 Å². The second kappa shape index (κ2) is 4.45. The second-order valence-electron chi connectivity index (χ2n) is 6.71. The Bertz CT molecular complexity index is 526. The number of ether oxygens (including phenoxy) is 1. The standard InChI is InChI=1S/C15H20N2O2S/c1-19-15(18)12-13(16)20-14(17-12)11-9-3-7-2-8(5-9)6-10(11)4-7/h7-11H,2-6,16H2,1H3. The molecule has 4 nitrogen and oxygen atoms in total. The van der Waals surface area contributed by atoms with Crippen LogP contribution >= 0.6 is 11.3 Å². The highest BCUT2D eigenvalue weighted by Gasteiger charge is 2.49. The normalized spacial score (nSPS) is 38.1. The highest BCUT2D eigenvalue weighted by Crippen LogP contribution is 2.60. The van der Waals surface area contributed by atoms with Crippen molar-refractivity contribution in [1.82, 2.24) is 4.98 Å². The first-order valence-electron chi connectivity index (χ1n) is 7.50. The van der Waals surface area contributed by atoms with Gasteiger partial charge in [-0.3, -0.25) is 0 Å². The summed E-state index contributed by atoms with van der Waals surface area (Å²) in [6, 6.07) is 0. The molecule has 0 aromatic carbocycles. The molecule has 0 spiro atoms. The number of carbonyl (C=O) groups is 1. The number of methoxy groups -OCH3 is 1. The number of hydrogen-bond donors (Lipinski definition) is 1. The van der Waals surface area contributed by atoms with E-state index in [0.29, 0.717) is 16.6 Å². The fourth-order valence-corrected chi connectivity index (χ4v) is 6.17. The minimum absolute atomic E-state index is 0.321. The molecule has 108 valence electrons. The van der Waals surface area contributed by atoms with E-state index in [1.165, 1.54) is 50.6 Å². The summed E-state index contributed by atoms with van der Waals surface area (Å²) in [4.78, 5) is 16.2. The van der Waals surface area contributed by atoms with Crippen LogP contribution in [0.25, 0.3) is 0 Å². The summed E-state index contributed by atoms with van der Waals surface area (Å²) in [5.74, 6) is 3.56. The van der Waals surface area contributed by atoms with Gasteiger partial charge in [0.25, 0.3) is 0 Å². The van der Waals surface area contributed by atoms with Gasteiger partial charge in [0.15, 0.2) is 5.69 Å². The lowest BCUT2D eigenvalue weighted by atomic mass is 9.52. The molecule has 1 heterocycles. The van der Waals surface area contributed by atoms with Crippen LogP contribution in [0.2, 0.25) is 0 Å². The Morgan fingerprint density at radius 1 is 1.20 bits per heavy atom. The Morgan fingerprint density at radius 2 is 1.80 bits per heavy atom. The summed E-state index contributed by atoms with van der Waals surface area (Å²) in [5.41, 5.74) is 6.29. The van der Waals surface area contributed by atoms with E-state index in [4.69, 9.17) is 10.5 Å². The molecule has 20 heavy (non-hydrogen) atoms. The number of nitrogens with two attached hydrogens (primary N) is 1. The lowest BCUT2D eigenvalue weighted by molar-refractivity contribution is -0.00292. The van der Waals surface area contributed by atoms with Crippen molar-refractivity contribution in [1.29, 1.82) is 0 Å². The van der Waals surface area contributed by atoms with Crippen molar-refractivity contribution < 1.29 is 9.53 Å². The number of carbonyl (C=O) groups excluding carboxylic acids is 1. The fourth-order valence-electron chi connectivity index (χ4n) is 5.06. The van der Waals surface area contributed by atoms with E-state index in [1.54, 1.807) is 0 Å². The molecule has 0 aliphatic heterocycles. The smallest absolute Gasteiger partial charge is 0.359 e. The molecule has 2 N–H and O–H groups in total. The fraction of sp³-hybridized carbons (Fsp3) is 0.733. The van der Waals surface area contributed by atoms with Gasteiger partial charge in [-0.25, -0.2) is 9.78 Å². The van der Waals surface area contributed by atoms with Crippen molar-refractivity contribution in [3.8, 4) is 0 Å². The molecule has 1 aromatic rings. The van der Waals surface area contributed by atoms with Crippen LogP contribution in [-0.2, 0) is 4.74 Å². The highest BCUT2D eigenvalue weighted by atomic mass is 32.1. The lowest BCUT2D eigenvalue weighted by Crippen LogP contribution is -2.43. The van der Waals surface area contributed by atoms with Gasteiger partial charge in [-0.2, -0.15) is 0 Å². The molecular formula is C15H20N2O2S. The molecule has 4 aliphatic carbocycles. The minimum atomic E-state index is -0.409. The maximum absolute atomic E-state index is 11.7. The zero-order valence-corrected chi connectivity index (χ0v) is 12.5. The number of nitrogens with zero attached hydrogens (tertiary/aromatic N) is 1. The molecule has 0 unspecified atom stereocenters. The van der Waals surface area contributed by atoms with Gasteiger partial charge >= 0.3 is 5.97 Å². The lowest BCUT2D eigenvalue weighted by Gasteiger charge is -2.53. The van der Waals surface area contributed by atoms with Crippen molar-refractivity contribution in [3.05, 3.63) is 10.7 Å². The maximum Gasteiger partial charge on any atom is 0.359 e. The van der Waals surface area contributed by atoms with E-state index < -0.39 is 5.97 Å². The largest absolute Gasteiger partial charge is 0.464 e. The average molecular weight is 292 g/mol. The topological polar surface area (TPSA) is 65.2 Å². The van der Waals surface area contributed by atoms with Crippen LogP contribution < -0.4 is 5.73 Å². The number of esters is 1. The molecule has 0 radical (unpaired) electrons. The van der Waals surface area contributed by atoms with Gasteiger partial charge in [0.1, 0.15) is 5.00 Å². The zero-order valence-electron chi connectivity index (χ0n) is 11.7. The molecule has 4 aliphatic rings. The van der Waals surface area contributed by atoms with Gasteiger partial charge in [0, 0.05) is 5.92 Å². The molecule has 5 rings (SSSR count). The predicted molar refractivity (Wildman–Crippen MR) is 77.7 cm³/mol. The van der Waals surface area contributed by atoms with E-state index in [0.717, 1.165) is 28.7 Å². The van der Waals surface area contributed by atoms with Crippen molar-refractivity contribution in [2.75, 3.05) is 12.8 Å². The van der Waals surface area contributed by atoms with Gasteiger partial charge in [0.2, 0.25) is 0 Å². The van der Waals surface area contributed by atoms with Gasteiger partial charge < -0.3 is 10.5 Å². The first-order chi connectivity index (χ1) is 9.65. The summed E-state index contributed by atoms with van der Waals surface area (Å²) in [7, 11) is 1.38. The molecule has 0 amide bonds. The van der Waals surface area contributed by atoms with Crippen molar-refractivity contribution in [2.24, 2.45) is 23.7 Å². The minimum Gasteiger partial charge on any atom is -0.464 e. The SMILES string of the molecule is COC(=O)c1nc(C2C3CC4CC(C3)CC2C4)sc1N. The predicted octanol–water partition coefficient (Wildman–Crippen LogP) is 3.05. The summed E-state index contributed by atoms with van der Waals surface area (Å²) in [5, 5.41) is 1.59. The van der Waals surface area contributed by atoms with Gasteiger partial charge in [-0.1, -0.05) is 0 Å². The van der Waals surface area contributed by atoms with Crippen LogP contribution in [-0.4, -0.2) is 18.1 Å². The molecular weight excluding hydrogens is 272 g/mol.